The number of halogens is 1. The maximum Gasteiger partial charge on any atom is 0.226 e. The normalized spacial score (nSPS) is 18.7. The van der Waals surface area contributed by atoms with E-state index < -0.39 is 0 Å². The summed E-state index contributed by atoms with van der Waals surface area (Å²) in [7, 11) is 1.68. The second-order valence-electron chi connectivity index (χ2n) is 7.71. The zero-order valence-corrected chi connectivity index (χ0v) is 18.8. The van der Waals surface area contributed by atoms with Crippen LogP contribution in [-0.4, -0.2) is 21.9 Å². The Morgan fingerprint density at radius 2 is 1.84 bits per heavy atom. The molecule has 158 valence electrons. The summed E-state index contributed by atoms with van der Waals surface area (Å²) in [5.74, 6) is 2.33. The fraction of sp³-hybridized carbons (Fsp3) is 0.120. The number of hydrogen-bond donors (Lipinski definition) is 1. The average Bonchev–Trinajstić information content (AvgIpc) is 3.31. The molecule has 2 aliphatic heterocycles. The first-order valence-electron chi connectivity index (χ1n) is 10.3. The van der Waals surface area contributed by atoms with Gasteiger partial charge in [-0.25, -0.2) is 4.68 Å². The molecule has 1 aromatic heterocycles. The van der Waals surface area contributed by atoms with E-state index in [4.69, 9.17) is 9.47 Å². The zero-order valence-electron chi connectivity index (χ0n) is 17.2. The predicted molar refractivity (Wildman–Crippen MR) is 126 cm³/mol. The van der Waals surface area contributed by atoms with E-state index in [1.165, 1.54) is 0 Å². The number of rotatable bonds is 3. The Hall–Kier alpha value is -3.58. The average molecular weight is 487 g/mol. The van der Waals surface area contributed by atoms with Crippen molar-refractivity contribution in [2.24, 2.45) is 0 Å². The monoisotopic (exact) mass is 486 g/mol. The van der Waals surface area contributed by atoms with E-state index >= 15 is 0 Å². The van der Waals surface area contributed by atoms with Gasteiger partial charge in [-0.3, -0.25) is 0 Å². The molecule has 0 fully saturated rings. The largest absolute Gasteiger partial charge is 0.497 e. The summed E-state index contributed by atoms with van der Waals surface area (Å²) < 4.78 is 15.1. The van der Waals surface area contributed by atoms with Crippen molar-refractivity contribution in [2.45, 2.75) is 12.1 Å². The number of nitrogens with one attached hydrogen (secondary N) is 1. The van der Waals surface area contributed by atoms with Crippen LogP contribution in [0.3, 0.4) is 0 Å². The van der Waals surface area contributed by atoms with Crippen molar-refractivity contribution in [1.82, 2.24) is 14.8 Å². The first-order valence-corrected chi connectivity index (χ1v) is 11.1. The molecule has 6 rings (SSSR count). The Balaban J connectivity index is 1.62. The Morgan fingerprint density at radius 3 is 2.69 bits per heavy atom. The van der Waals surface area contributed by atoms with Crippen LogP contribution in [0.4, 0.5) is 5.95 Å². The highest BCUT2D eigenvalue weighted by Gasteiger charge is 2.40. The van der Waals surface area contributed by atoms with E-state index in [-0.39, 0.29) is 12.1 Å². The minimum absolute atomic E-state index is 0.208. The SMILES string of the molecule is COc1cccc([C@@H]2C3=C(Nc4ncnn42)c2ccccc2O[C@@H]3c2ccc(Br)cc2)c1. The Kier molecular flexibility index (Phi) is 4.50. The standard InChI is InChI=1S/C25H19BrN4O2/c1-31-18-6-4-5-16(13-18)23-21-22(29-25-27-14-28-30(23)25)19-7-2-3-8-20(19)32-24(21)15-9-11-17(26)12-10-15/h2-14,23-24H,1H3,(H,27,28,29)/t23-,24-/m1/s1. The van der Waals surface area contributed by atoms with Crippen LogP contribution in [0.15, 0.2) is 89.2 Å². The van der Waals surface area contributed by atoms with E-state index in [0.29, 0.717) is 5.95 Å². The highest BCUT2D eigenvalue weighted by atomic mass is 79.9. The third-order valence-electron chi connectivity index (χ3n) is 5.90. The number of methoxy groups -OCH3 is 1. The third-order valence-corrected chi connectivity index (χ3v) is 6.43. The molecule has 6 nitrogen and oxygen atoms in total. The van der Waals surface area contributed by atoms with Gasteiger partial charge in [0.25, 0.3) is 0 Å². The van der Waals surface area contributed by atoms with E-state index in [9.17, 15) is 0 Å². The molecular formula is C25H19BrN4O2. The van der Waals surface area contributed by atoms with Crippen LogP contribution in [0.25, 0.3) is 5.70 Å². The summed E-state index contributed by atoms with van der Waals surface area (Å²) in [5.41, 5.74) is 5.21. The summed E-state index contributed by atoms with van der Waals surface area (Å²) in [5, 5.41) is 8.09. The molecule has 0 aliphatic carbocycles. The van der Waals surface area contributed by atoms with Gasteiger partial charge >= 0.3 is 0 Å². The number of anilines is 1. The fourth-order valence-electron chi connectivity index (χ4n) is 4.46. The highest BCUT2D eigenvalue weighted by Crippen LogP contribution is 2.50. The molecule has 4 aromatic rings. The lowest BCUT2D eigenvalue weighted by Crippen LogP contribution is -2.32. The van der Waals surface area contributed by atoms with Crippen LogP contribution in [0, 0.1) is 0 Å². The number of aromatic nitrogens is 3. The summed E-state index contributed by atoms with van der Waals surface area (Å²) in [6, 6.07) is 24.2. The van der Waals surface area contributed by atoms with Gasteiger partial charge in [0, 0.05) is 15.6 Å². The molecule has 0 amide bonds. The summed E-state index contributed by atoms with van der Waals surface area (Å²) in [6.45, 7) is 0. The zero-order chi connectivity index (χ0) is 21.7. The first-order chi connectivity index (χ1) is 15.7. The molecule has 3 heterocycles. The topological polar surface area (TPSA) is 61.2 Å². The van der Waals surface area contributed by atoms with E-state index in [0.717, 1.165) is 43.9 Å². The molecule has 3 aromatic carbocycles. The van der Waals surface area contributed by atoms with Crippen molar-refractivity contribution in [2.75, 3.05) is 12.4 Å². The number of fused-ring (bicyclic) bond motifs is 3. The summed E-state index contributed by atoms with van der Waals surface area (Å²) >= 11 is 3.54. The Bertz CT molecular complexity index is 1350. The van der Waals surface area contributed by atoms with Gasteiger partial charge in [0.05, 0.1) is 12.8 Å². The van der Waals surface area contributed by atoms with Crippen molar-refractivity contribution in [1.29, 1.82) is 0 Å². The van der Waals surface area contributed by atoms with Gasteiger partial charge in [-0.15, -0.1) is 0 Å². The quantitative estimate of drug-likeness (QED) is 0.407. The lowest BCUT2D eigenvalue weighted by Gasteiger charge is -2.39. The predicted octanol–water partition coefficient (Wildman–Crippen LogP) is 5.61. The third kappa shape index (κ3) is 3.00. The lowest BCUT2D eigenvalue weighted by molar-refractivity contribution is 0.223. The van der Waals surface area contributed by atoms with E-state index in [1.807, 2.05) is 53.2 Å². The summed E-state index contributed by atoms with van der Waals surface area (Å²) in [4.78, 5) is 4.48. The molecular weight excluding hydrogens is 468 g/mol. The van der Waals surface area contributed by atoms with Gasteiger partial charge < -0.3 is 14.8 Å². The van der Waals surface area contributed by atoms with Gasteiger partial charge in [0.15, 0.2) is 0 Å². The second-order valence-corrected chi connectivity index (χ2v) is 8.62. The van der Waals surface area contributed by atoms with Crippen LogP contribution >= 0.6 is 15.9 Å². The Labute approximate surface area is 193 Å². The number of para-hydroxylation sites is 1. The van der Waals surface area contributed by atoms with E-state index in [1.54, 1.807) is 13.4 Å². The van der Waals surface area contributed by atoms with Crippen LogP contribution in [0.2, 0.25) is 0 Å². The Morgan fingerprint density at radius 1 is 1.00 bits per heavy atom. The van der Waals surface area contributed by atoms with Crippen LogP contribution in [0.1, 0.15) is 28.8 Å². The molecule has 0 spiro atoms. The number of hydrogen-bond acceptors (Lipinski definition) is 5. The maximum atomic E-state index is 6.62. The van der Waals surface area contributed by atoms with Crippen molar-refractivity contribution < 1.29 is 9.47 Å². The molecule has 32 heavy (non-hydrogen) atoms. The highest BCUT2D eigenvalue weighted by molar-refractivity contribution is 9.10. The molecule has 0 saturated heterocycles. The molecule has 0 radical (unpaired) electrons. The van der Waals surface area contributed by atoms with E-state index in [2.05, 4.69) is 55.6 Å². The second kappa shape index (κ2) is 7.53. The molecule has 0 saturated carbocycles. The van der Waals surface area contributed by atoms with Crippen molar-refractivity contribution in [3.05, 3.63) is 106 Å². The van der Waals surface area contributed by atoms with Gasteiger partial charge in [-0.2, -0.15) is 10.1 Å². The number of ether oxygens (including phenoxy) is 2. The van der Waals surface area contributed by atoms with Crippen LogP contribution in [0.5, 0.6) is 11.5 Å². The minimum Gasteiger partial charge on any atom is -0.497 e. The van der Waals surface area contributed by atoms with Crippen LogP contribution < -0.4 is 14.8 Å². The molecule has 2 atom stereocenters. The van der Waals surface area contributed by atoms with Gasteiger partial charge in [0.2, 0.25) is 5.95 Å². The van der Waals surface area contributed by atoms with Gasteiger partial charge in [-0.1, -0.05) is 52.3 Å². The number of nitrogens with zero attached hydrogens (tertiary/aromatic N) is 3. The van der Waals surface area contributed by atoms with Crippen molar-refractivity contribution >= 4 is 27.6 Å². The lowest BCUT2D eigenvalue weighted by atomic mass is 9.84. The maximum absolute atomic E-state index is 6.62. The van der Waals surface area contributed by atoms with Crippen molar-refractivity contribution in [3.8, 4) is 11.5 Å². The fourth-order valence-corrected chi connectivity index (χ4v) is 4.73. The molecule has 1 N–H and O–H groups in total. The number of benzene rings is 3. The summed E-state index contributed by atoms with van der Waals surface area (Å²) in [6.07, 6.45) is 1.28. The van der Waals surface area contributed by atoms with Gasteiger partial charge in [0.1, 0.15) is 30.0 Å². The molecule has 2 aliphatic rings. The molecule has 0 bridgehead atoms. The smallest absolute Gasteiger partial charge is 0.226 e. The van der Waals surface area contributed by atoms with Crippen molar-refractivity contribution in [3.63, 3.8) is 0 Å². The first kappa shape index (κ1) is 19.1. The molecule has 7 heteroatoms. The van der Waals surface area contributed by atoms with Crippen LogP contribution in [-0.2, 0) is 0 Å². The minimum atomic E-state index is -0.297. The van der Waals surface area contributed by atoms with Gasteiger partial charge in [-0.05, 0) is 47.5 Å². The molecule has 0 unspecified atom stereocenters.